The summed E-state index contributed by atoms with van der Waals surface area (Å²) in [6.07, 6.45) is 1.42. The Morgan fingerprint density at radius 2 is 2.10 bits per heavy atom. The standard InChI is InChI=1S/C16H18N2O3/c1-12-4-3-5-14(10-12)21-9-8-18(2)16(20)13-6-7-15(19)17-11-13/h3-7,10-11H,8-9H2,1-2H3,(H,17,19). The molecular weight excluding hydrogens is 268 g/mol. The maximum Gasteiger partial charge on any atom is 0.255 e. The number of nitrogens with zero attached hydrogens (tertiary/aromatic N) is 1. The third-order valence-electron chi connectivity index (χ3n) is 3.06. The number of hydrogen-bond acceptors (Lipinski definition) is 3. The van der Waals surface area contributed by atoms with Gasteiger partial charge in [-0.15, -0.1) is 0 Å². The fraction of sp³-hybridized carbons (Fsp3) is 0.250. The molecule has 1 amide bonds. The van der Waals surface area contributed by atoms with Gasteiger partial charge < -0.3 is 14.6 Å². The van der Waals surface area contributed by atoms with Gasteiger partial charge in [0, 0.05) is 19.3 Å². The molecule has 1 N–H and O–H groups in total. The van der Waals surface area contributed by atoms with Crippen LogP contribution in [0, 0.1) is 6.92 Å². The summed E-state index contributed by atoms with van der Waals surface area (Å²) in [5.41, 5.74) is 1.36. The maximum atomic E-state index is 12.1. The first-order chi connectivity index (χ1) is 10.1. The second-order valence-electron chi connectivity index (χ2n) is 4.83. The zero-order chi connectivity index (χ0) is 15.2. The van der Waals surface area contributed by atoms with E-state index in [1.165, 1.54) is 18.3 Å². The predicted molar refractivity (Wildman–Crippen MR) is 80.7 cm³/mol. The second-order valence-corrected chi connectivity index (χ2v) is 4.83. The molecule has 0 saturated heterocycles. The molecule has 1 aromatic heterocycles. The minimum atomic E-state index is -0.225. The van der Waals surface area contributed by atoms with Gasteiger partial charge in [0.05, 0.1) is 12.1 Å². The fourth-order valence-electron chi connectivity index (χ4n) is 1.87. The lowest BCUT2D eigenvalue weighted by Gasteiger charge is -2.17. The van der Waals surface area contributed by atoms with Gasteiger partial charge in [-0.05, 0) is 30.7 Å². The van der Waals surface area contributed by atoms with Gasteiger partial charge in [0.25, 0.3) is 5.91 Å². The average Bonchev–Trinajstić information content (AvgIpc) is 2.47. The van der Waals surface area contributed by atoms with Crippen molar-refractivity contribution in [3.05, 3.63) is 64.1 Å². The van der Waals surface area contributed by atoms with Gasteiger partial charge >= 0.3 is 0 Å². The molecule has 5 heteroatoms. The van der Waals surface area contributed by atoms with Crippen molar-refractivity contribution in [2.24, 2.45) is 0 Å². The van der Waals surface area contributed by atoms with Crippen LogP contribution in [0.25, 0.3) is 0 Å². The van der Waals surface area contributed by atoms with E-state index in [4.69, 9.17) is 4.74 Å². The molecule has 0 aliphatic heterocycles. The molecule has 0 unspecified atom stereocenters. The smallest absolute Gasteiger partial charge is 0.255 e. The van der Waals surface area contributed by atoms with Crippen molar-refractivity contribution in [2.45, 2.75) is 6.92 Å². The number of aromatic amines is 1. The Morgan fingerprint density at radius 1 is 1.29 bits per heavy atom. The van der Waals surface area contributed by atoms with Gasteiger partial charge in [0.1, 0.15) is 12.4 Å². The molecule has 110 valence electrons. The number of nitrogens with one attached hydrogen (secondary N) is 1. The first-order valence-corrected chi connectivity index (χ1v) is 6.70. The molecule has 5 nitrogen and oxygen atoms in total. The number of aryl methyl sites for hydroxylation is 1. The average molecular weight is 286 g/mol. The molecule has 1 heterocycles. The molecule has 0 bridgehead atoms. The number of benzene rings is 1. The fourth-order valence-corrected chi connectivity index (χ4v) is 1.87. The summed E-state index contributed by atoms with van der Waals surface area (Å²) in [7, 11) is 1.70. The number of rotatable bonds is 5. The van der Waals surface area contributed by atoms with Crippen molar-refractivity contribution >= 4 is 5.91 Å². The topological polar surface area (TPSA) is 62.4 Å². The van der Waals surface area contributed by atoms with Crippen LogP contribution in [0.15, 0.2) is 47.4 Å². The van der Waals surface area contributed by atoms with E-state index < -0.39 is 0 Å². The molecule has 0 atom stereocenters. The molecular formula is C16H18N2O3. The molecule has 0 aliphatic carbocycles. The Bertz CT molecular complexity index is 659. The molecule has 0 radical (unpaired) electrons. The highest BCUT2D eigenvalue weighted by molar-refractivity contribution is 5.93. The first-order valence-electron chi connectivity index (χ1n) is 6.70. The monoisotopic (exact) mass is 286 g/mol. The van der Waals surface area contributed by atoms with Crippen LogP contribution in [0.4, 0.5) is 0 Å². The number of hydrogen-bond donors (Lipinski definition) is 1. The number of aromatic nitrogens is 1. The molecule has 0 fully saturated rings. The van der Waals surface area contributed by atoms with E-state index in [1.54, 1.807) is 11.9 Å². The van der Waals surface area contributed by atoms with Gasteiger partial charge in [-0.25, -0.2) is 0 Å². The number of ether oxygens (including phenoxy) is 1. The zero-order valence-corrected chi connectivity index (χ0v) is 12.1. The molecule has 2 aromatic rings. The number of carbonyl (C=O) groups excluding carboxylic acids is 1. The van der Waals surface area contributed by atoms with Gasteiger partial charge in [0.2, 0.25) is 5.56 Å². The predicted octanol–water partition coefficient (Wildman–Crippen LogP) is 1.83. The summed E-state index contributed by atoms with van der Waals surface area (Å²) in [4.78, 5) is 27.1. The molecule has 2 rings (SSSR count). The number of likely N-dealkylation sites (N-methyl/N-ethyl adjacent to an activating group) is 1. The van der Waals surface area contributed by atoms with Crippen LogP contribution in [0.2, 0.25) is 0 Å². The summed E-state index contributed by atoms with van der Waals surface area (Å²) in [5.74, 6) is 0.638. The Kier molecular flexibility index (Phi) is 4.77. The highest BCUT2D eigenvalue weighted by atomic mass is 16.5. The minimum Gasteiger partial charge on any atom is -0.492 e. The van der Waals surface area contributed by atoms with E-state index in [0.29, 0.717) is 18.7 Å². The Hall–Kier alpha value is -2.56. The SMILES string of the molecule is Cc1cccc(OCCN(C)C(=O)c2ccc(=O)[nH]c2)c1. The van der Waals surface area contributed by atoms with Crippen molar-refractivity contribution in [2.75, 3.05) is 20.2 Å². The van der Waals surface area contributed by atoms with Crippen molar-refractivity contribution in [1.29, 1.82) is 0 Å². The summed E-state index contributed by atoms with van der Waals surface area (Å²) in [6.45, 7) is 2.87. The highest BCUT2D eigenvalue weighted by Crippen LogP contribution is 2.12. The summed E-state index contributed by atoms with van der Waals surface area (Å²) >= 11 is 0. The quantitative estimate of drug-likeness (QED) is 0.912. The van der Waals surface area contributed by atoms with Crippen LogP contribution in [-0.2, 0) is 0 Å². The zero-order valence-electron chi connectivity index (χ0n) is 12.1. The normalized spacial score (nSPS) is 10.2. The third kappa shape index (κ3) is 4.21. The highest BCUT2D eigenvalue weighted by Gasteiger charge is 2.11. The number of carbonyl (C=O) groups is 1. The Morgan fingerprint density at radius 3 is 2.76 bits per heavy atom. The van der Waals surface area contributed by atoms with Crippen molar-refractivity contribution in [3.8, 4) is 5.75 Å². The lowest BCUT2D eigenvalue weighted by Crippen LogP contribution is -2.31. The summed E-state index contributed by atoms with van der Waals surface area (Å²) < 4.78 is 5.61. The largest absolute Gasteiger partial charge is 0.492 e. The third-order valence-corrected chi connectivity index (χ3v) is 3.06. The minimum absolute atomic E-state index is 0.154. The van der Waals surface area contributed by atoms with Crippen LogP contribution < -0.4 is 10.3 Å². The van der Waals surface area contributed by atoms with Gasteiger partial charge in [-0.2, -0.15) is 0 Å². The Balaban J connectivity index is 1.86. The van der Waals surface area contributed by atoms with Crippen molar-refractivity contribution in [1.82, 2.24) is 9.88 Å². The van der Waals surface area contributed by atoms with Gasteiger partial charge in [-0.3, -0.25) is 9.59 Å². The Labute approximate surface area is 123 Å². The number of amides is 1. The molecule has 0 spiro atoms. The van der Waals surface area contributed by atoms with E-state index >= 15 is 0 Å². The van der Waals surface area contributed by atoms with Crippen LogP contribution >= 0.6 is 0 Å². The second kappa shape index (κ2) is 6.74. The molecule has 21 heavy (non-hydrogen) atoms. The van der Waals surface area contributed by atoms with E-state index in [9.17, 15) is 9.59 Å². The maximum absolute atomic E-state index is 12.1. The van der Waals surface area contributed by atoms with Crippen LogP contribution in [-0.4, -0.2) is 36.0 Å². The van der Waals surface area contributed by atoms with Crippen molar-refractivity contribution < 1.29 is 9.53 Å². The number of H-pyrrole nitrogens is 1. The van der Waals surface area contributed by atoms with E-state index in [1.807, 2.05) is 31.2 Å². The van der Waals surface area contributed by atoms with Crippen LogP contribution in [0.5, 0.6) is 5.75 Å². The van der Waals surface area contributed by atoms with Gasteiger partial charge in [0.15, 0.2) is 0 Å². The number of pyridine rings is 1. The lowest BCUT2D eigenvalue weighted by atomic mass is 10.2. The van der Waals surface area contributed by atoms with E-state index in [2.05, 4.69) is 4.98 Å². The van der Waals surface area contributed by atoms with Crippen LogP contribution in [0.3, 0.4) is 0 Å². The van der Waals surface area contributed by atoms with Crippen molar-refractivity contribution in [3.63, 3.8) is 0 Å². The van der Waals surface area contributed by atoms with E-state index in [-0.39, 0.29) is 11.5 Å². The molecule has 1 aromatic carbocycles. The summed E-state index contributed by atoms with van der Waals surface area (Å²) in [6, 6.07) is 10.6. The molecule has 0 saturated carbocycles. The summed E-state index contributed by atoms with van der Waals surface area (Å²) in [5, 5.41) is 0. The van der Waals surface area contributed by atoms with Gasteiger partial charge in [-0.1, -0.05) is 12.1 Å². The van der Waals surface area contributed by atoms with Crippen LogP contribution in [0.1, 0.15) is 15.9 Å². The molecule has 0 aliphatic rings. The lowest BCUT2D eigenvalue weighted by molar-refractivity contribution is 0.0773. The first kappa shape index (κ1) is 14.8. The van der Waals surface area contributed by atoms with E-state index in [0.717, 1.165) is 11.3 Å².